The molecular weight excluding hydrogens is 276 g/mol. The van der Waals surface area contributed by atoms with E-state index in [2.05, 4.69) is 10.2 Å². The van der Waals surface area contributed by atoms with Crippen molar-refractivity contribution in [3.05, 3.63) is 0 Å². The quantitative estimate of drug-likeness (QED) is 0.832. The van der Waals surface area contributed by atoms with Crippen LogP contribution in [0, 0.1) is 23.7 Å². The maximum absolute atomic E-state index is 12.8. The number of aliphatic hydroxyl groups is 1. The summed E-state index contributed by atoms with van der Waals surface area (Å²) in [5, 5.41) is 13.1. The molecule has 1 saturated heterocycles. The van der Waals surface area contributed by atoms with Gasteiger partial charge in [0.25, 0.3) is 0 Å². The van der Waals surface area contributed by atoms with E-state index in [0.717, 1.165) is 43.1 Å². The normalized spacial score (nSPS) is 45.2. The molecule has 0 spiro atoms. The van der Waals surface area contributed by atoms with Gasteiger partial charge in [-0.1, -0.05) is 0 Å². The lowest BCUT2D eigenvalue weighted by Gasteiger charge is -2.54. The second kappa shape index (κ2) is 5.79. The highest BCUT2D eigenvalue weighted by Gasteiger charge is 2.49. The van der Waals surface area contributed by atoms with E-state index in [9.17, 15) is 9.90 Å². The summed E-state index contributed by atoms with van der Waals surface area (Å²) in [6.45, 7) is 3.38. The summed E-state index contributed by atoms with van der Waals surface area (Å²) in [6.07, 6.45) is 8.52. The molecule has 2 atom stereocenters. The molecular formula is C18H30N2O2. The minimum atomic E-state index is -0.352. The van der Waals surface area contributed by atoms with Crippen LogP contribution in [0.4, 0.5) is 0 Å². The van der Waals surface area contributed by atoms with Crippen molar-refractivity contribution in [1.29, 1.82) is 0 Å². The van der Waals surface area contributed by atoms with Gasteiger partial charge in [-0.25, -0.2) is 0 Å². The van der Waals surface area contributed by atoms with Crippen LogP contribution in [-0.4, -0.2) is 47.2 Å². The highest BCUT2D eigenvalue weighted by molar-refractivity contribution is 5.82. The highest BCUT2D eigenvalue weighted by atomic mass is 16.3. The number of hydrogen-bond acceptors (Lipinski definition) is 3. The molecule has 4 saturated carbocycles. The second-order valence-electron chi connectivity index (χ2n) is 8.47. The Bertz CT molecular complexity index is 409. The fourth-order valence-corrected chi connectivity index (χ4v) is 6.10. The summed E-state index contributed by atoms with van der Waals surface area (Å²) in [4.78, 5) is 15.0. The molecule has 0 aromatic heterocycles. The smallest absolute Gasteiger partial charge is 0.237 e. The van der Waals surface area contributed by atoms with Gasteiger partial charge in [0.1, 0.15) is 0 Å². The summed E-state index contributed by atoms with van der Waals surface area (Å²) in [5.74, 6) is 3.62. The average molecular weight is 306 g/mol. The van der Waals surface area contributed by atoms with E-state index in [-0.39, 0.29) is 18.1 Å². The van der Waals surface area contributed by atoms with E-state index < -0.39 is 0 Å². The van der Waals surface area contributed by atoms with Crippen LogP contribution in [0.3, 0.4) is 0 Å². The number of amides is 1. The van der Waals surface area contributed by atoms with Crippen LogP contribution in [0.2, 0.25) is 0 Å². The molecule has 4 aliphatic carbocycles. The topological polar surface area (TPSA) is 52.6 Å². The third-order valence-electron chi connectivity index (χ3n) is 6.70. The zero-order valence-electron chi connectivity index (χ0n) is 13.7. The van der Waals surface area contributed by atoms with Gasteiger partial charge in [-0.05, 0) is 82.1 Å². The maximum atomic E-state index is 12.8. The Kier molecular flexibility index (Phi) is 3.93. The monoisotopic (exact) mass is 306 g/mol. The molecule has 0 aromatic rings. The number of nitrogens with one attached hydrogen (secondary N) is 1. The Morgan fingerprint density at radius 2 is 1.82 bits per heavy atom. The molecule has 5 aliphatic rings. The van der Waals surface area contributed by atoms with Gasteiger partial charge < -0.3 is 10.4 Å². The molecule has 4 heteroatoms. The molecule has 5 fully saturated rings. The number of carbonyl (C=O) groups is 1. The lowest BCUT2D eigenvalue weighted by Crippen LogP contribution is -2.58. The Morgan fingerprint density at radius 3 is 2.41 bits per heavy atom. The van der Waals surface area contributed by atoms with E-state index in [1.807, 2.05) is 6.92 Å². The van der Waals surface area contributed by atoms with E-state index in [4.69, 9.17) is 0 Å². The van der Waals surface area contributed by atoms with Crippen molar-refractivity contribution < 1.29 is 9.90 Å². The minimum Gasteiger partial charge on any atom is -0.392 e. The third-order valence-corrected chi connectivity index (χ3v) is 6.70. The lowest BCUT2D eigenvalue weighted by molar-refractivity contribution is -0.129. The van der Waals surface area contributed by atoms with Crippen molar-refractivity contribution >= 4 is 5.91 Å². The molecule has 0 radical (unpaired) electrons. The standard InChI is InChI=1S/C18H30N2O2/c1-11(21)10-20-4-2-3-16(20)18(22)19-17-14-6-12-5-13(8-14)9-15(17)7-12/h11-17,21H,2-10H2,1H3,(H,19,22)/t11-,12?,13?,14?,15?,16-,17?/m1/s1. The predicted molar refractivity (Wildman–Crippen MR) is 85.3 cm³/mol. The molecule has 22 heavy (non-hydrogen) atoms. The number of β-amino-alcohol motifs (C(OH)–C–C–N with tert-alkyl or cyclic N) is 1. The number of nitrogens with zero attached hydrogens (tertiary/aromatic N) is 1. The Morgan fingerprint density at radius 1 is 1.18 bits per heavy atom. The van der Waals surface area contributed by atoms with E-state index >= 15 is 0 Å². The number of carbonyl (C=O) groups excluding carboxylic acids is 1. The average Bonchev–Trinajstić information content (AvgIpc) is 2.89. The number of likely N-dealkylation sites (tertiary alicyclic amines) is 1. The molecule has 4 nitrogen and oxygen atoms in total. The summed E-state index contributed by atoms with van der Waals surface area (Å²) in [7, 11) is 0. The van der Waals surface area contributed by atoms with Crippen LogP contribution in [0.15, 0.2) is 0 Å². The first kappa shape index (κ1) is 14.9. The van der Waals surface area contributed by atoms with Crippen molar-refractivity contribution in [2.24, 2.45) is 23.7 Å². The first-order valence-corrected chi connectivity index (χ1v) is 9.32. The number of hydrogen-bond donors (Lipinski definition) is 2. The van der Waals surface area contributed by atoms with Gasteiger partial charge in [0, 0.05) is 12.6 Å². The van der Waals surface area contributed by atoms with Crippen LogP contribution in [0.25, 0.3) is 0 Å². The highest BCUT2D eigenvalue weighted by Crippen LogP contribution is 2.53. The zero-order chi connectivity index (χ0) is 15.3. The SMILES string of the molecule is C[C@@H](O)CN1CCC[C@@H]1C(=O)NC1C2CC3CC(C2)CC1C3. The first-order chi connectivity index (χ1) is 10.6. The Hall–Kier alpha value is -0.610. The summed E-state index contributed by atoms with van der Waals surface area (Å²) >= 11 is 0. The number of aliphatic hydroxyl groups excluding tert-OH is 1. The fourth-order valence-electron chi connectivity index (χ4n) is 6.10. The van der Waals surface area contributed by atoms with Crippen LogP contribution >= 0.6 is 0 Å². The minimum absolute atomic E-state index is 0.00760. The van der Waals surface area contributed by atoms with Crippen molar-refractivity contribution in [2.75, 3.05) is 13.1 Å². The molecule has 2 N–H and O–H groups in total. The van der Waals surface area contributed by atoms with Gasteiger partial charge in [0.15, 0.2) is 0 Å². The molecule has 5 rings (SSSR count). The van der Waals surface area contributed by atoms with Gasteiger partial charge >= 0.3 is 0 Å². The fraction of sp³-hybridized carbons (Fsp3) is 0.944. The van der Waals surface area contributed by atoms with Crippen molar-refractivity contribution in [1.82, 2.24) is 10.2 Å². The van der Waals surface area contributed by atoms with Crippen LogP contribution in [-0.2, 0) is 4.79 Å². The molecule has 0 unspecified atom stereocenters. The molecule has 1 amide bonds. The molecule has 0 aromatic carbocycles. The van der Waals surface area contributed by atoms with E-state index in [1.54, 1.807) is 0 Å². The second-order valence-corrected chi connectivity index (χ2v) is 8.47. The first-order valence-electron chi connectivity index (χ1n) is 9.32. The van der Waals surface area contributed by atoms with Crippen LogP contribution in [0.5, 0.6) is 0 Å². The van der Waals surface area contributed by atoms with Crippen LogP contribution in [0.1, 0.15) is 51.9 Å². The van der Waals surface area contributed by atoms with Gasteiger partial charge in [0.2, 0.25) is 5.91 Å². The van der Waals surface area contributed by atoms with Crippen LogP contribution < -0.4 is 5.32 Å². The third kappa shape index (κ3) is 2.69. The molecule has 1 heterocycles. The van der Waals surface area contributed by atoms with Crippen molar-refractivity contribution in [3.63, 3.8) is 0 Å². The zero-order valence-corrected chi connectivity index (χ0v) is 13.7. The summed E-state index contributed by atoms with van der Waals surface area (Å²) < 4.78 is 0. The maximum Gasteiger partial charge on any atom is 0.237 e. The summed E-state index contributed by atoms with van der Waals surface area (Å²) in [5.41, 5.74) is 0. The van der Waals surface area contributed by atoms with Crippen molar-refractivity contribution in [3.8, 4) is 0 Å². The lowest BCUT2D eigenvalue weighted by atomic mass is 9.54. The van der Waals surface area contributed by atoms with Gasteiger partial charge in [-0.15, -0.1) is 0 Å². The molecule has 124 valence electrons. The van der Waals surface area contributed by atoms with Gasteiger partial charge in [-0.2, -0.15) is 0 Å². The van der Waals surface area contributed by atoms with E-state index in [1.165, 1.54) is 32.1 Å². The number of rotatable bonds is 4. The van der Waals surface area contributed by atoms with Gasteiger partial charge in [-0.3, -0.25) is 9.69 Å². The molecule has 1 aliphatic heterocycles. The van der Waals surface area contributed by atoms with E-state index in [0.29, 0.717) is 12.6 Å². The Balaban J connectivity index is 1.39. The Labute approximate surface area is 133 Å². The summed E-state index contributed by atoms with van der Waals surface area (Å²) in [6, 6.07) is 0.432. The predicted octanol–water partition coefficient (Wildman–Crippen LogP) is 1.77. The largest absolute Gasteiger partial charge is 0.392 e. The van der Waals surface area contributed by atoms with Crippen molar-refractivity contribution in [2.45, 2.75) is 70.1 Å². The van der Waals surface area contributed by atoms with Gasteiger partial charge in [0.05, 0.1) is 12.1 Å². The molecule has 4 bridgehead atoms.